The van der Waals surface area contributed by atoms with Crippen molar-refractivity contribution in [3.63, 3.8) is 0 Å². The summed E-state index contributed by atoms with van der Waals surface area (Å²) in [6.45, 7) is 4.66. The molecule has 1 fully saturated rings. The number of aromatic nitrogens is 5. The number of hydrogen-bond donors (Lipinski definition) is 1. The van der Waals surface area contributed by atoms with Crippen LogP contribution < -0.4 is 10.5 Å². The molecule has 1 atom stereocenters. The van der Waals surface area contributed by atoms with E-state index in [2.05, 4.69) is 25.6 Å². The van der Waals surface area contributed by atoms with E-state index in [1.807, 2.05) is 11.0 Å². The van der Waals surface area contributed by atoms with Crippen LogP contribution in [0.2, 0.25) is 0 Å². The van der Waals surface area contributed by atoms with E-state index in [1.54, 1.807) is 31.1 Å². The number of nitrogens with zero attached hydrogens (tertiary/aromatic N) is 6. The molecule has 0 aliphatic carbocycles. The number of fused-ring (bicyclic) bond motifs is 2. The number of rotatable bonds is 6. The molecule has 0 radical (unpaired) electrons. The van der Waals surface area contributed by atoms with E-state index in [9.17, 15) is 4.79 Å². The molecular weight excluding hydrogens is 478 g/mol. The molecule has 3 aromatic heterocycles. The predicted octanol–water partition coefficient (Wildman–Crippen LogP) is 3.80. The first-order valence-electron chi connectivity index (χ1n) is 12.2. The van der Waals surface area contributed by atoms with Gasteiger partial charge in [-0.2, -0.15) is 0 Å². The molecule has 5 heterocycles. The second-order valence-corrected chi connectivity index (χ2v) is 10.2. The fourth-order valence-electron chi connectivity index (χ4n) is 5.02. The first-order valence-corrected chi connectivity index (χ1v) is 13.0. The van der Waals surface area contributed by atoms with Gasteiger partial charge in [0.05, 0.1) is 18.4 Å². The van der Waals surface area contributed by atoms with Crippen molar-refractivity contribution < 1.29 is 13.9 Å². The van der Waals surface area contributed by atoms with Crippen molar-refractivity contribution in [2.75, 3.05) is 25.4 Å². The molecule has 11 heteroatoms. The predicted molar refractivity (Wildman–Crippen MR) is 135 cm³/mol. The van der Waals surface area contributed by atoms with Crippen molar-refractivity contribution in [2.24, 2.45) is 5.92 Å². The number of hydrogen-bond acceptors (Lipinski definition) is 9. The summed E-state index contributed by atoms with van der Waals surface area (Å²) in [5, 5.41) is 0.781. The van der Waals surface area contributed by atoms with E-state index in [4.69, 9.17) is 19.9 Å². The van der Waals surface area contributed by atoms with Gasteiger partial charge in [0.15, 0.2) is 22.1 Å². The van der Waals surface area contributed by atoms with Crippen LogP contribution in [0.4, 0.5) is 5.82 Å². The number of nitrogen functional groups attached to an aromatic ring is 1. The maximum absolute atomic E-state index is 11.9. The number of piperidine rings is 1. The molecule has 0 bridgehead atoms. The number of carbonyl (C=O) groups excluding carboxylic acids is 1. The summed E-state index contributed by atoms with van der Waals surface area (Å²) < 4.78 is 13.6. The van der Waals surface area contributed by atoms with Gasteiger partial charge in [0.25, 0.3) is 0 Å². The molecule has 0 saturated carbocycles. The van der Waals surface area contributed by atoms with Crippen LogP contribution in [0, 0.1) is 5.92 Å². The van der Waals surface area contributed by atoms with Crippen LogP contribution in [0.15, 0.2) is 45.4 Å². The van der Waals surface area contributed by atoms with Crippen LogP contribution in [-0.2, 0) is 17.8 Å². The largest absolute Gasteiger partial charge is 0.493 e. The van der Waals surface area contributed by atoms with Crippen LogP contribution in [0.25, 0.3) is 22.6 Å². The lowest BCUT2D eigenvalue weighted by Crippen LogP contribution is -2.38. The number of amides is 1. The number of oxazole rings is 1. The Bertz CT molecular complexity index is 1420. The van der Waals surface area contributed by atoms with Gasteiger partial charge in [0.1, 0.15) is 18.3 Å². The van der Waals surface area contributed by atoms with Gasteiger partial charge in [-0.15, -0.1) is 0 Å². The van der Waals surface area contributed by atoms with Crippen molar-refractivity contribution in [3.8, 4) is 17.2 Å². The monoisotopic (exact) mass is 505 g/mol. The minimum absolute atomic E-state index is 0.143. The zero-order chi connectivity index (χ0) is 24.6. The molecule has 2 aliphatic heterocycles. The maximum atomic E-state index is 11.9. The Balaban J connectivity index is 1.35. The Morgan fingerprint density at radius 3 is 3.03 bits per heavy atom. The van der Waals surface area contributed by atoms with Gasteiger partial charge >= 0.3 is 0 Å². The number of ether oxygens (including phenoxy) is 1. The molecule has 1 saturated heterocycles. The second-order valence-electron chi connectivity index (χ2n) is 9.23. The Kier molecular flexibility index (Phi) is 6.00. The number of likely N-dealkylation sites (tertiary alicyclic amines) is 1. The lowest BCUT2D eigenvalue weighted by atomic mass is 9.95. The van der Waals surface area contributed by atoms with Crippen molar-refractivity contribution in [3.05, 3.63) is 36.5 Å². The lowest BCUT2D eigenvalue weighted by Gasteiger charge is -2.32. The van der Waals surface area contributed by atoms with Crippen LogP contribution in [0.3, 0.4) is 0 Å². The van der Waals surface area contributed by atoms with E-state index in [-0.39, 0.29) is 5.91 Å². The summed E-state index contributed by atoms with van der Waals surface area (Å²) in [6, 6.07) is 4.13. The zero-order valence-electron chi connectivity index (χ0n) is 20.0. The van der Waals surface area contributed by atoms with Crippen LogP contribution >= 0.6 is 11.8 Å². The van der Waals surface area contributed by atoms with E-state index in [0.717, 1.165) is 65.7 Å². The van der Waals surface area contributed by atoms with Gasteiger partial charge in [0.2, 0.25) is 11.8 Å². The average Bonchev–Trinajstić information content (AvgIpc) is 3.63. The minimum Gasteiger partial charge on any atom is -0.493 e. The number of carbonyl (C=O) groups is 1. The molecule has 4 aromatic rings. The van der Waals surface area contributed by atoms with Crippen LogP contribution in [-0.4, -0.2) is 55.0 Å². The molecule has 2 aliphatic rings. The first-order chi connectivity index (χ1) is 17.6. The van der Waals surface area contributed by atoms with Crippen molar-refractivity contribution in [2.45, 2.75) is 49.2 Å². The van der Waals surface area contributed by atoms with E-state index < -0.39 is 0 Å². The normalized spacial score (nSPS) is 17.4. The highest BCUT2D eigenvalue weighted by Gasteiger charge is 2.25. The third kappa shape index (κ3) is 4.27. The highest BCUT2D eigenvalue weighted by atomic mass is 32.2. The highest BCUT2D eigenvalue weighted by molar-refractivity contribution is 7.99. The van der Waals surface area contributed by atoms with Gasteiger partial charge in [-0.05, 0) is 42.9 Å². The third-order valence-corrected chi connectivity index (χ3v) is 7.96. The zero-order valence-corrected chi connectivity index (χ0v) is 20.8. The summed E-state index contributed by atoms with van der Waals surface area (Å²) in [4.78, 5) is 32.7. The number of anilines is 1. The summed E-state index contributed by atoms with van der Waals surface area (Å²) in [6.07, 6.45) is 8.59. The fraction of sp³-hybridized carbons (Fsp3) is 0.400. The maximum Gasteiger partial charge on any atom is 0.227 e. The standard InChI is InChI=1S/C25H27N7O3S/c1-15(33)31-7-2-3-16(13-31)4-8-32-23-21(22(26)28-14-29-23)30-25(32)36-20-11-17-5-9-34-19(17)12-18(20)24-27-6-10-35-24/h6,10-12,14,16H,2-5,7-9,13H2,1H3,(H2,26,28,29). The second kappa shape index (κ2) is 9.45. The summed E-state index contributed by atoms with van der Waals surface area (Å²) in [5.41, 5.74) is 9.50. The lowest BCUT2D eigenvalue weighted by molar-refractivity contribution is -0.130. The Morgan fingerprint density at radius 1 is 1.28 bits per heavy atom. The molecular formula is C25H27N7O3S. The molecule has 0 spiro atoms. The first kappa shape index (κ1) is 22.8. The van der Waals surface area contributed by atoms with E-state index in [0.29, 0.717) is 41.9 Å². The summed E-state index contributed by atoms with van der Waals surface area (Å²) in [7, 11) is 0. The number of nitrogens with two attached hydrogens (primary N) is 1. The van der Waals surface area contributed by atoms with Crippen LogP contribution in [0.1, 0.15) is 31.7 Å². The smallest absolute Gasteiger partial charge is 0.227 e. The van der Waals surface area contributed by atoms with Gasteiger partial charge in [-0.1, -0.05) is 11.8 Å². The molecule has 1 unspecified atom stereocenters. The van der Waals surface area contributed by atoms with Crippen molar-refractivity contribution in [1.82, 2.24) is 29.4 Å². The average molecular weight is 506 g/mol. The highest BCUT2D eigenvalue weighted by Crippen LogP contribution is 2.42. The topological polar surface area (TPSA) is 125 Å². The third-order valence-electron chi connectivity index (χ3n) is 6.91. The van der Waals surface area contributed by atoms with Gasteiger partial charge < -0.3 is 24.4 Å². The number of aryl methyl sites for hydroxylation is 1. The Labute approximate surface area is 212 Å². The fourth-order valence-corrected chi connectivity index (χ4v) is 6.10. The number of imidazole rings is 1. The minimum atomic E-state index is 0.143. The van der Waals surface area contributed by atoms with Gasteiger partial charge in [0, 0.05) is 37.9 Å². The molecule has 10 nitrogen and oxygen atoms in total. The summed E-state index contributed by atoms with van der Waals surface area (Å²) >= 11 is 1.54. The molecule has 1 aromatic carbocycles. The number of benzene rings is 1. The quantitative estimate of drug-likeness (QED) is 0.416. The SMILES string of the molecule is CC(=O)N1CCCC(CCn2c(Sc3cc4c(cc3-c3ncco3)OCC4)nc3c(N)ncnc32)C1. The summed E-state index contributed by atoms with van der Waals surface area (Å²) in [5.74, 6) is 2.32. The molecule has 36 heavy (non-hydrogen) atoms. The van der Waals surface area contributed by atoms with Gasteiger partial charge in [-0.3, -0.25) is 4.79 Å². The molecule has 1 amide bonds. The van der Waals surface area contributed by atoms with E-state index >= 15 is 0 Å². The molecule has 186 valence electrons. The molecule has 2 N–H and O–H groups in total. The van der Waals surface area contributed by atoms with Gasteiger partial charge in [-0.25, -0.2) is 19.9 Å². The Morgan fingerprint density at radius 2 is 2.19 bits per heavy atom. The van der Waals surface area contributed by atoms with E-state index in [1.165, 1.54) is 6.33 Å². The van der Waals surface area contributed by atoms with Crippen molar-refractivity contribution in [1.29, 1.82) is 0 Å². The molecule has 6 rings (SSSR count). The van der Waals surface area contributed by atoms with Crippen molar-refractivity contribution >= 4 is 34.7 Å². The van der Waals surface area contributed by atoms with Crippen LogP contribution in [0.5, 0.6) is 5.75 Å². The Hall–Kier alpha value is -3.60.